The smallest absolute Gasteiger partial charge is 0.254 e. The van der Waals surface area contributed by atoms with Crippen LogP contribution in [0.15, 0.2) is 18.2 Å². The Bertz CT molecular complexity index is 438. The summed E-state index contributed by atoms with van der Waals surface area (Å²) in [6.45, 7) is 3.80. The van der Waals surface area contributed by atoms with Crippen LogP contribution in [0.4, 0.5) is 5.69 Å². The highest BCUT2D eigenvalue weighted by Gasteiger charge is 2.38. The maximum Gasteiger partial charge on any atom is 0.254 e. The van der Waals surface area contributed by atoms with Gasteiger partial charge >= 0.3 is 0 Å². The maximum absolute atomic E-state index is 12.1. The molecule has 2 aliphatic rings. The molecule has 1 aliphatic heterocycles. The first-order valence-electron chi connectivity index (χ1n) is 5.97. The highest BCUT2D eigenvalue weighted by Crippen LogP contribution is 2.35. The fraction of sp³-hybridized carbons (Fsp3) is 0.462. The molecule has 84 valence electrons. The molecule has 0 radical (unpaired) electrons. The summed E-state index contributed by atoms with van der Waals surface area (Å²) in [5.41, 5.74) is 3.19. The minimum atomic E-state index is 0.223. The number of carbonyl (C=O) groups is 1. The molecule has 16 heavy (non-hydrogen) atoms. The lowest BCUT2D eigenvalue weighted by Gasteiger charge is -2.13. The topological polar surface area (TPSA) is 32.3 Å². The van der Waals surface area contributed by atoms with Gasteiger partial charge in [0.1, 0.15) is 0 Å². The zero-order valence-electron chi connectivity index (χ0n) is 9.49. The second kappa shape index (κ2) is 3.51. The molecular formula is C13H16N2O. The molecule has 1 aromatic carbocycles. The van der Waals surface area contributed by atoms with Gasteiger partial charge in [0.15, 0.2) is 0 Å². The van der Waals surface area contributed by atoms with Crippen molar-refractivity contribution in [3.05, 3.63) is 29.3 Å². The number of anilines is 1. The van der Waals surface area contributed by atoms with Crippen molar-refractivity contribution in [1.29, 1.82) is 0 Å². The molecule has 0 spiro atoms. The Morgan fingerprint density at radius 1 is 1.44 bits per heavy atom. The Labute approximate surface area is 95.4 Å². The average Bonchev–Trinajstić information content (AvgIpc) is 3.06. The van der Waals surface area contributed by atoms with Crippen molar-refractivity contribution < 1.29 is 4.79 Å². The second-order valence-corrected chi connectivity index (χ2v) is 4.57. The van der Waals surface area contributed by atoms with Gasteiger partial charge in [0.25, 0.3) is 5.91 Å². The van der Waals surface area contributed by atoms with Crippen LogP contribution in [0.3, 0.4) is 0 Å². The van der Waals surface area contributed by atoms with E-state index >= 15 is 0 Å². The van der Waals surface area contributed by atoms with E-state index in [1.165, 1.54) is 18.4 Å². The highest BCUT2D eigenvalue weighted by molar-refractivity contribution is 5.99. The summed E-state index contributed by atoms with van der Waals surface area (Å²) < 4.78 is 0. The quantitative estimate of drug-likeness (QED) is 0.840. The third-order valence-corrected chi connectivity index (χ3v) is 3.31. The van der Waals surface area contributed by atoms with E-state index in [0.29, 0.717) is 6.04 Å². The van der Waals surface area contributed by atoms with Crippen molar-refractivity contribution in [2.24, 2.45) is 0 Å². The van der Waals surface area contributed by atoms with Gasteiger partial charge in [0.2, 0.25) is 0 Å². The van der Waals surface area contributed by atoms with Crippen LogP contribution < -0.4 is 5.32 Å². The number of carbonyl (C=O) groups excluding carboxylic acids is 1. The molecule has 0 bridgehead atoms. The number of nitrogens with zero attached hydrogens (tertiary/aromatic N) is 1. The molecule has 0 aromatic heterocycles. The van der Waals surface area contributed by atoms with E-state index in [1.807, 2.05) is 17.0 Å². The molecule has 0 atom stereocenters. The normalized spacial score (nSPS) is 18.8. The van der Waals surface area contributed by atoms with Crippen LogP contribution >= 0.6 is 0 Å². The Hall–Kier alpha value is -1.51. The molecule has 1 N–H and O–H groups in total. The third-order valence-electron chi connectivity index (χ3n) is 3.31. The highest BCUT2D eigenvalue weighted by atomic mass is 16.2. The lowest BCUT2D eigenvalue weighted by molar-refractivity contribution is 0.0766. The summed E-state index contributed by atoms with van der Waals surface area (Å²) in [5.74, 6) is 0.223. The maximum atomic E-state index is 12.1. The number of fused-ring (bicyclic) bond motifs is 1. The van der Waals surface area contributed by atoms with Gasteiger partial charge in [-0.05, 0) is 43.5 Å². The number of hydrogen-bond acceptors (Lipinski definition) is 2. The summed E-state index contributed by atoms with van der Waals surface area (Å²) in [5, 5.41) is 3.28. The number of amides is 1. The van der Waals surface area contributed by atoms with Gasteiger partial charge in [-0.3, -0.25) is 4.79 Å². The molecule has 1 heterocycles. The van der Waals surface area contributed by atoms with Gasteiger partial charge < -0.3 is 10.2 Å². The lowest BCUT2D eigenvalue weighted by atomic mass is 10.1. The Kier molecular flexibility index (Phi) is 2.13. The van der Waals surface area contributed by atoms with Crippen molar-refractivity contribution in [2.45, 2.75) is 32.4 Å². The van der Waals surface area contributed by atoms with Crippen LogP contribution in [0, 0.1) is 0 Å². The molecule has 1 aromatic rings. The van der Waals surface area contributed by atoms with Gasteiger partial charge in [0, 0.05) is 30.4 Å². The van der Waals surface area contributed by atoms with Crippen LogP contribution in [-0.4, -0.2) is 23.4 Å². The molecule has 0 unspecified atom stereocenters. The molecular weight excluding hydrogens is 200 g/mol. The van der Waals surface area contributed by atoms with Crippen LogP contribution in [0.1, 0.15) is 35.7 Å². The Morgan fingerprint density at radius 3 is 2.94 bits per heavy atom. The number of benzene rings is 1. The summed E-state index contributed by atoms with van der Waals surface area (Å²) in [4.78, 5) is 14.1. The molecule has 3 nitrogen and oxygen atoms in total. The second-order valence-electron chi connectivity index (χ2n) is 4.57. The summed E-state index contributed by atoms with van der Waals surface area (Å²) >= 11 is 0. The summed E-state index contributed by atoms with van der Waals surface area (Å²) in [7, 11) is 0. The van der Waals surface area contributed by atoms with E-state index in [0.717, 1.165) is 24.3 Å². The van der Waals surface area contributed by atoms with Gasteiger partial charge in [-0.1, -0.05) is 0 Å². The van der Waals surface area contributed by atoms with Crippen LogP contribution in [0.5, 0.6) is 0 Å². The first-order chi connectivity index (χ1) is 7.79. The minimum Gasteiger partial charge on any atom is -0.385 e. The van der Waals surface area contributed by atoms with Crippen molar-refractivity contribution >= 4 is 11.6 Å². The zero-order valence-corrected chi connectivity index (χ0v) is 9.49. The molecule has 3 heteroatoms. The fourth-order valence-electron chi connectivity index (χ4n) is 2.34. The number of nitrogens with one attached hydrogen (secondary N) is 1. The standard InChI is InChI=1S/C13H16N2O/c1-2-14-10-3-6-12-9(7-10)8-15(13(12)16)11-4-5-11/h3,6-7,11,14H,2,4-5,8H2,1H3. The molecule has 0 saturated heterocycles. The fourth-order valence-corrected chi connectivity index (χ4v) is 2.34. The van der Waals surface area contributed by atoms with E-state index in [-0.39, 0.29) is 5.91 Å². The molecule has 1 aliphatic carbocycles. The van der Waals surface area contributed by atoms with Crippen molar-refractivity contribution in [2.75, 3.05) is 11.9 Å². The third kappa shape index (κ3) is 1.47. The van der Waals surface area contributed by atoms with Crippen LogP contribution in [0.25, 0.3) is 0 Å². The Balaban J connectivity index is 1.89. The van der Waals surface area contributed by atoms with Crippen molar-refractivity contribution in [3.8, 4) is 0 Å². The van der Waals surface area contributed by atoms with E-state index in [1.54, 1.807) is 0 Å². The van der Waals surface area contributed by atoms with E-state index in [9.17, 15) is 4.79 Å². The molecule has 1 amide bonds. The SMILES string of the molecule is CCNc1ccc2c(c1)CN(C1CC1)C2=O. The predicted octanol–water partition coefficient (Wildman–Crippen LogP) is 2.24. The lowest BCUT2D eigenvalue weighted by Crippen LogP contribution is -2.25. The van der Waals surface area contributed by atoms with E-state index in [2.05, 4.69) is 18.3 Å². The van der Waals surface area contributed by atoms with Gasteiger partial charge in [-0.2, -0.15) is 0 Å². The average molecular weight is 216 g/mol. The number of rotatable bonds is 3. The summed E-state index contributed by atoms with van der Waals surface area (Å²) in [6.07, 6.45) is 2.36. The van der Waals surface area contributed by atoms with Crippen LogP contribution in [0.2, 0.25) is 0 Å². The van der Waals surface area contributed by atoms with E-state index in [4.69, 9.17) is 0 Å². The monoisotopic (exact) mass is 216 g/mol. The minimum absolute atomic E-state index is 0.223. The largest absolute Gasteiger partial charge is 0.385 e. The first kappa shape index (κ1) is 9.70. The number of hydrogen-bond donors (Lipinski definition) is 1. The molecule has 1 fully saturated rings. The zero-order chi connectivity index (χ0) is 11.1. The predicted molar refractivity (Wildman–Crippen MR) is 63.5 cm³/mol. The van der Waals surface area contributed by atoms with E-state index < -0.39 is 0 Å². The van der Waals surface area contributed by atoms with Crippen molar-refractivity contribution in [3.63, 3.8) is 0 Å². The van der Waals surface area contributed by atoms with Crippen LogP contribution in [-0.2, 0) is 6.54 Å². The summed E-state index contributed by atoms with van der Waals surface area (Å²) in [6, 6.07) is 6.58. The molecule has 3 rings (SSSR count). The van der Waals surface area contributed by atoms with Gasteiger partial charge in [0.05, 0.1) is 0 Å². The molecule has 1 saturated carbocycles. The van der Waals surface area contributed by atoms with Gasteiger partial charge in [-0.25, -0.2) is 0 Å². The van der Waals surface area contributed by atoms with Gasteiger partial charge in [-0.15, -0.1) is 0 Å². The first-order valence-corrected chi connectivity index (χ1v) is 5.97. The Morgan fingerprint density at radius 2 is 2.25 bits per heavy atom. The van der Waals surface area contributed by atoms with Crippen molar-refractivity contribution in [1.82, 2.24) is 4.90 Å².